The first-order valence-electron chi connectivity index (χ1n) is 11.5. The number of hydrogen-bond donors (Lipinski definition) is 3. The van der Waals surface area contributed by atoms with E-state index in [9.17, 15) is 22.8 Å². The second-order valence-electron chi connectivity index (χ2n) is 8.29. The number of urea groups is 2. The Balaban J connectivity index is 1.54. The van der Waals surface area contributed by atoms with Crippen molar-refractivity contribution in [3.63, 3.8) is 0 Å². The summed E-state index contributed by atoms with van der Waals surface area (Å²) in [6.07, 6.45) is -1.03. The molecule has 0 unspecified atom stereocenters. The number of benzene rings is 2. The number of halogens is 4. The van der Waals surface area contributed by atoms with Crippen LogP contribution in [-0.2, 0) is 6.18 Å². The van der Waals surface area contributed by atoms with E-state index >= 15 is 0 Å². The number of nitrogens with zero attached hydrogens (tertiary/aromatic N) is 2. The number of nitrogens with one attached hydrogen (secondary N) is 3. The zero-order valence-corrected chi connectivity index (χ0v) is 20.0. The Morgan fingerprint density at radius 2 is 1.63 bits per heavy atom. The highest BCUT2D eigenvalue weighted by Crippen LogP contribution is 2.30. The third-order valence-corrected chi connectivity index (χ3v) is 5.85. The van der Waals surface area contributed by atoms with Crippen LogP contribution in [0.1, 0.15) is 24.8 Å². The quantitative estimate of drug-likeness (QED) is 0.438. The fourth-order valence-corrected chi connectivity index (χ4v) is 3.97. The number of alkyl halides is 3. The molecule has 11 heteroatoms. The van der Waals surface area contributed by atoms with E-state index in [-0.39, 0.29) is 24.8 Å². The lowest BCUT2D eigenvalue weighted by molar-refractivity contribution is -0.137. The van der Waals surface area contributed by atoms with Crippen molar-refractivity contribution in [1.29, 1.82) is 0 Å². The predicted octanol–water partition coefficient (Wildman–Crippen LogP) is 5.50. The maximum Gasteiger partial charge on any atom is 0.416 e. The van der Waals surface area contributed by atoms with Crippen LogP contribution in [0.4, 0.5) is 34.1 Å². The second kappa shape index (κ2) is 12.6. The van der Waals surface area contributed by atoms with Crippen molar-refractivity contribution >= 4 is 35.0 Å². The first kappa shape index (κ1) is 26.6. The van der Waals surface area contributed by atoms with Crippen LogP contribution >= 0.6 is 11.6 Å². The minimum absolute atomic E-state index is 0.0259. The van der Waals surface area contributed by atoms with Gasteiger partial charge in [-0.15, -0.1) is 0 Å². The predicted molar refractivity (Wildman–Crippen MR) is 131 cm³/mol. The Labute approximate surface area is 207 Å². The summed E-state index contributed by atoms with van der Waals surface area (Å²) in [5.41, 5.74) is -0.268. The molecule has 0 atom stereocenters. The Hall–Kier alpha value is -2.98. The molecule has 1 fully saturated rings. The van der Waals surface area contributed by atoms with Gasteiger partial charge in [0, 0.05) is 42.6 Å². The summed E-state index contributed by atoms with van der Waals surface area (Å²) in [7, 11) is 0. The lowest BCUT2D eigenvalue weighted by atomic mass is 10.1. The molecule has 0 bridgehead atoms. The highest BCUT2D eigenvalue weighted by Gasteiger charge is 2.30. The van der Waals surface area contributed by atoms with E-state index in [1.807, 2.05) is 0 Å². The van der Waals surface area contributed by atoms with E-state index in [1.54, 1.807) is 29.2 Å². The van der Waals surface area contributed by atoms with Crippen LogP contribution in [-0.4, -0.2) is 61.1 Å². The van der Waals surface area contributed by atoms with Crippen molar-refractivity contribution in [1.82, 2.24) is 15.1 Å². The minimum atomic E-state index is -4.50. The largest absolute Gasteiger partial charge is 0.416 e. The van der Waals surface area contributed by atoms with Crippen LogP contribution in [0.3, 0.4) is 0 Å². The summed E-state index contributed by atoms with van der Waals surface area (Å²) < 4.78 is 38.6. The molecule has 1 heterocycles. The van der Waals surface area contributed by atoms with Gasteiger partial charge in [0.1, 0.15) is 0 Å². The number of carbonyl (C=O) groups is 2. The smallest absolute Gasteiger partial charge is 0.336 e. The van der Waals surface area contributed by atoms with E-state index in [2.05, 4.69) is 20.9 Å². The lowest BCUT2D eigenvalue weighted by Crippen LogP contribution is -2.45. The normalized spacial score (nSPS) is 14.3. The number of likely N-dealkylation sites (tertiary alicyclic amines) is 1. The monoisotopic (exact) mass is 511 g/mol. The highest BCUT2D eigenvalue weighted by atomic mass is 35.5. The number of anilines is 2. The molecule has 2 aromatic rings. The van der Waals surface area contributed by atoms with Crippen LogP contribution in [0.5, 0.6) is 0 Å². The molecule has 1 saturated heterocycles. The topological polar surface area (TPSA) is 76.7 Å². The van der Waals surface area contributed by atoms with Crippen LogP contribution in [0.2, 0.25) is 5.02 Å². The SMILES string of the molecule is O=C(NCCN(CCN1CCCCC1)C(=O)Nc1cccc(Cl)c1)Nc1cccc(C(F)(F)F)c1. The van der Waals surface area contributed by atoms with E-state index in [0.717, 1.165) is 38.1 Å². The maximum absolute atomic E-state index is 12.9. The number of rotatable bonds is 8. The van der Waals surface area contributed by atoms with Crippen LogP contribution in [0.15, 0.2) is 48.5 Å². The third kappa shape index (κ3) is 8.95. The van der Waals surface area contributed by atoms with Gasteiger partial charge < -0.3 is 25.8 Å². The first-order valence-corrected chi connectivity index (χ1v) is 11.8. The number of hydrogen-bond acceptors (Lipinski definition) is 3. The molecular formula is C24H29ClF3N5O2. The van der Waals surface area contributed by atoms with Crippen molar-refractivity contribution in [2.45, 2.75) is 25.4 Å². The van der Waals surface area contributed by atoms with Crippen molar-refractivity contribution in [2.75, 3.05) is 49.9 Å². The van der Waals surface area contributed by atoms with Gasteiger partial charge >= 0.3 is 18.2 Å². The molecular weight excluding hydrogens is 483 g/mol. The molecule has 0 aliphatic carbocycles. The van der Waals surface area contributed by atoms with Gasteiger partial charge in [-0.2, -0.15) is 13.2 Å². The standard InChI is InChI=1S/C24H29ClF3N5O2/c25-19-7-5-9-21(17-19)31-23(35)33(15-14-32-11-2-1-3-12-32)13-10-29-22(34)30-20-8-4-6-18(16-20)24(26,27)28/h4-9,16-17H,1-3,10-15H2,(H,31,35)(H2,29,30,34). The van der Waals surface area contributed by atoms with Crippen molar-refractivity contribution in [3.05, 3.63) is 59.1 Å². The molecule has 2 aromatic carbocycles. The molecule has 190 valence electrons. The van der Waals surface area contributed by atoms with Gasteiger partial charge in [-0.3, -0.25) is 0 Å². The summed E-state index contributed by atoms with van der Waals surface area (Å²) >= 11 is 6.00. The Morgan fingerprint density at radius 1 is 0.943 bits per heavy atom. The van der Waals surface area contributed by atoms with Gasteiger partial charge in [-0.05, 0) is 62.3 Å². The van der Waals surface area contributed by atoms with Crippen LogP contribution in [0.25, 0.3) is 0 Å². The van der Waals surface area contributed by atoms with Crippen LogP contribution < -0.4 is 16.0 Å². The molecule has 35 heavy (non-hydrogen) atoms. The maximum atomic E-state index is 12.9. The Bertz CT molecular complexity index is 999. The average Bonchev–Trinajstić information content (AvgIpc) is 2.81. The molecule has 1 aliphatic rings. The zero-order chi connectivity index (χ0) is 25.3. The minimum Gasteiger partial charge on any atom is -0.336 e. The first-order chi connectivity index (χ1) is 16.7. The van der Waals surface area contributed by atoms with Gasteiger partial charge in [0.25, 0.3) is 0 Å². The molecule has 0 spiro atoms. The van der Waals surface area contributed by atoms with Crippen LogP contribution in [0, 0.1) is 0 Å². The van der Waals surface area contributed by atoms with Crippen molar-refractivity contribution < 1.29 is 22.8 Å². The van der Waals surface area contributed by atoms with Gasteiger partial charge in [0.05, 0.1) is 5.56 Å². The zero-order valence-electron chi connectivity index (χ0n) is 19.2. The molecule has 0 aromatic heterocycles. The molecule has 3 N–H and O–H groups in total. The van der Waals surface area contributed by atoms with Crippen molar-refractivity contribution in [2.24, 2.45) is 0 Å². The molecule has 4 amide bonds. The van der Waals surface area contributed by atoms with Gasteiger partial charge in [0.15, 0.2) is 0 Å². The van der Waals surface area contributed by atoms with Gasteiger partial charge in [-0.1, -0.05) is 30.2 Å². The van der Waals surface area contributed by atoms with Gasteiger partial charge in [-0.25, -0.2) is 9.59 Å². The highest BCUT2D eigenvalue weighted by molar-refractivity contribution is 6.30. The summed E-state index contributed by atoms with van der Waals surface area (Å²) in [6.45, 7) is 3.48. The van der Waals surface area contributed by atoms with Crippen molar-refractivity contribution in [3.8, 4) is 0 Å². The summed E-state index contributed by atoms with van der Waals surface area (Å²) in [6, 6.07) is 10.2. The Morgan fingerprint density at radius 3 is 2.31 bits per heavy atom. The van der Waals surface area contributed by atoms with E-state index in [1.165, 1.54) is 18.6 Å². The van der Waals surface area contributed by atoms with E-state index < -0.39 is 17.8 Å². The molecule has 1 aliphatic heterocycles. The fraction of sp³-hybridized carbons (Fsp3) is 0.417. The summed E-state index contributed by atoms with van der Waals surface area (Å²) in [4.78, 5) is 29.0. The third-order valence-electron chi connectivity index (χ3n) is 5.61. The van der Waals surface area contributed by atoms with E-state index in [4.69, 9.17) is 11.6 Å². The lowest BCUT2D eigenvalue weighted by Gasteiger charge is -2.30. The molecule has 7 nitrogen and oxygen atoms in total. The molecule has 3 rings (SSSR count). The number of carbonyl (C=O) groups excluding carboxylic acids is 2. The van der Waals surface area contributed by atoms with Gasteiger partial charge in [0.2, 0.25) is 0 Å². The summed E-state index contributed by atoms with van der Waals surface area (Å²) in [5.74, 6) is 0. The van der Waals surface area contributed by atoms with E-state index in [0.29, 0.717) is 23.8 Å². The number of piperidine rings is 1. The second-order valence-corrected chi connectivity index (χ2v) is 8.73. The number of amides is 4. The average molecular weight is 512 g/mol. The molecule has 0 radical (unpaired) electrons. The summed E-state index contributed by atoms with van der Waals surface area (Å²) in [5, 5.41) is 8.31. The molecule has 0 saturated carbocycles. The Kier molecular flexibility index (Phi) is 9.62. The fourth-order valence-electron chi connectivity index (χ4n) is 3.78.